The molecular weight excluding hydrogens is 230 g/mol. The van der Waals surface area contributed by atoms with Gasteiger partial charge in [0.25, 0.3) is 0 Å². The topological polar surface area (TPSA) is 46.2 Å². The fourth-order valence-electron chi connectivity index (χ4n) is 1.16. The van der Waals surface area contributed by atoms with Gasteiger partial charge in [-0.15, -0.1) is 0 Å². The molecule has 3 N–H and O–H groups in total. The molecule has 0 aromatic heterocycles. The number of aliphatic hydroxyl groups excluding tert-OH is 1. The van der Waals surface area contributed by atoms with Gasteiger partial charge in [-0.3, -0.25) is 0 Å². The third-order valence-electron chi connectivity index (χ3n) is 2.03. The van der Waals surface area contributed by atoms with Crippen LogP contribution in [0.1, 0.15) is 18.1 Å². The van der Waals surface area contributed by atoms with Crippen molar-refractivity contribution in [2.45, 2.75) is 19.4 Å². The maximum Gasteiger partial charge on any atom is 0.0650 e. The lowest BCUT2D eigenvalue weighted by atomic mass is 9.93. The van der Waals surface area contributed by atoms with Gasteiger partial charge in [-0.25, -0.2) is 0 Å². The molecule has 0 saturated carbocycles. The second-order valence-corrected chi connectivity index (χ2v) is 4.51. The van der Waals surface area contributed by atoms with Crippen LogP contribution < -0.4 is 5.73 Å². The van der Waals surface area contributed by atoms with E-state index in [0.29, 0.717) is 0 Å². The molecule has 0 spiro atoms. The van der Waals surface area contributed by atoms with Crippen molar-refractivity contribution in [3.05, 3.63) is 33.8 Å². The summed E-state index contributed by atoms with van der Waals surface area (Å²) in [6.07, 6.45) is 0. The highest BCUT2D eigenvalue weighted by atomic mass is 79.9. The first-order chi connectivity index (χ1) is 5.95. The third kappa shape index (κ3) is 2.53. The number of halogens is 1. The summed E-state index contributed by atoms with van der Waals surface area (Å²) in [7, 11) is 0. The van der Waals surface area contributed by atoms with Crippen LogP contribution in [0.4, 0.5) is 0 Å². The van der Waals surface area contributed by atoms with Crippen molar-refractivity contribution < 1.29 is 5.11 Å². The van der Waals surface area contributed by atoms with E-state index < -0.39 is 5.54 Å². The molecule has 0 radical (unpaired) electrons. The Labute approximate surface area is 86.9 Å². The summed E-state index contributed by atoms with van der Waals surface area (Å²) >= 11 is 3.40. The van der Waals surface area contributed by atoms with Crippen molar-refractivity contribution in [2.24, 2.45) is 5.73 Å². The van der Waals surface area contributed by atoms with Gasteiger partial charge in [0.1, 0.15) is 0 Å². The molecule has 1 aromatic carbocycles. The maximum absolute atomic E-state index is 9.09. The first-order valence-corrected chi connectivity index (χ1v) is 4.92. The molecule has 72 valence electrons. The van der Waals surface area contributed by atoms with Gasteiger partial charge in [0, 0.05) is 4.47 Å². The largest absolute Gasteiger partial charge is 0.394 e. The van der Waals surface area contributed by atoms with Crippen molar-refractivity contribution in [3.63, 3.8) is 0 Å². The first kappa shape index (κ1) is 10.7. The van der Waals surface area contributed by atoms with E-state index in [1.54, 1.807) is 0 Å². The monoisotopic (exact) mass is 243 g/mol. The Bertz CT molecular complexity index is 290. The highest BCUT2D eigenvalue weighted by Crippen LogP contribution is 2.22. The fourth-order valence-corrected chi connectivity index (χ4v) is 1.77. The Morgan fingerprint density at radius 2 is 2.08 bits per heavy atom. The van der Waals surface area contributed by atoms with Crippen LogP contribution in [0.15, 0.2) is 22.7 Å². The Morgan fingerprint density at radius 1 is 1.46 bits per heavy atom. The van der Waals surface area contributed by atoms with Crippen LogP contribution in [0.5, 0.6) is 0 Å². The van der Waals surface area contributed by atoms with E-state index in [4.69, 9.17) is 10.8 Å². The van der Waals surface area contributed by atoms with Crippen molar-refractivity contribution in [3.8, 4) is 0 Å². The number of aliphatic hydroxyl groups is 1. The Hall–Kier alpha value is -0.380. The second-order valence-electron chi connectivity index (χ2n) is 3.59. The Kier molecular flexibility index (Phi) is 3.11. The lowest BCUT2D eigenvalue weighted by molar-refractivity contribution is 0.210. The molecule has 2 nitrogen and oxygen atoms in total. The van der Waals surface area contributed by atoms with Crippen LogP contribution in [0, 0.1) is 6.92 Å². The van der Waals surface area contributed by atoms with Gasteiger partial charge in [0.2, 0.25) is 0 Å². The fraction of sp³-hybridized carbons (Fsp3) is 0.400. The molecule has 0 unspecified atom stereocenters. The molecule has 0 aliphatic heterocycles. The molecule has 0 aliphatic rings. The molecule has 3 heteroatoms. The van der Waals surface area contributed by atoms with Crippen LogP contribution in [0.2, 0.25) is 0 Å². The lowest BCUT2D eigenvalue weighted by Crippen LogP contribution is -2.36. The van der Waals surface area contributed by atoms with E-state index in [0.717, 1.165) is 15.6 Å². The molecule has 13 heavy (non-hydrogen) atoms. The standard InChI is InChI=1S/C10H14BrNO/c1-7-3-8(5-9(11)4-7)10(2,12)6-13/h3-5,13H,6,12H2,1-2H3/t10-/m1/s1. The average Bonchev–Trinajstić information content (AvgIpc) is 2.02. The molecule has 1 rings (SSSR count). The molecule has 0 fully saturated rings. The molecule has 0 bridgehead atoms. The minimum absolute atomic E-state index is 0.0527. The summed E-state index contributed by atoms with van der Waals surface area (Å²) < 4.78 is 0.993. The minimum atomic E-state index is -0.658. The van der Waals surface area contributed by atoms with Crippen molar-refractivity contribution in [2.75, 3.05) is 6.61 Å². The van der Waals surface area contributed by atoms with Crippen LogP contribution >= 0.6 is 15.9 Å². The zero-order chi connectivity index (χ0) is 10.1. The van der Waals surface area contributed by atoms with Crippen molar-refractivity contribution in [1.82, 2.24) is 0 Å². The van der Waals surface area contributed by atoms with Crippen molar-refractivity contribution >= 4 is 15.9 Å². The van der Waals surface area contributed by atoms with E-state index in [9.17, 15) is 0 Å². The zero-order valence-corrected chi connectivity index (χ0v) is 9.43. The van der Waals surface area contributed by atoms with Gasteiger partial charge in [-0.2, -0.15) is 0 Å². The van der Waals surface area contributed by atoms with E-state index in [1.165, 1.54) is 0 Å². The molecule has 1 aromatic rings. The molecule has 1 atom stereocenters. The molecule has 0 saturated heterocycles. The Morgan fingerprint density at radius 3 is 2.54 bits per heavy atom. The maximum atomic E-state index is 9.09. The number of rotatable bonds is 2. The predicted molar refractivity (Wildman–Crippen MR) is 57.5 cm³/mol. The summed E-state index contributed by atoms with van der Waals surface area (Å²) in [6, 6.07) is 5.93. The molecule has 0 heterocycles. The first-order valence-electron chi connectivity index (χ1n) is 4.13. The highest BCUT2D eigenvalue weighted by molar-refractivity contribution is 9.10. The van der Waals surface area contributed by atoms with Gasteiger partial charge < -0.3 is 10.8 Å². The van der Waals surface area contributed by atoms with Crippen LogP contribution in [-0.4, -0.2) is 11.7 Å². The van der Waals surface area contributed by atoms with Crippen LogP contribution in [0.3, 0.4) is 0 Å². The third-order valence-corrected chi connectivity index (χ3v) is 2.49. The van der Waals surface area contributed by atoms with E-state index in [2.05, 4.69) is 15.9 Å². The highest BCUT2D eigenvalue weighted by Gasteiger charge is 2.20. The molecular formula is C10H14BrNO. The quantitative estimate of drug-likeness (QED) is 0.834. The number of hydrogen-bond donors (Lipinski definition) is 2. The minimum Gasteiger partial charge on any atom is -0.394 e. The van der Waals surface area contributed by atoms with Crippen molar-refractivity contribution in [1.29, 1.82) is 0 Å². The van der Waals surface area contributed by atoms with E-state index in [-0.39, 0.29) is 6.61 Å². The van der Waals surface area contributed by atoms with Crippen LogP contribution in [0.25, 0.3) is 0 Å². The number of aryl methyl sites for hydroxylation is 1. The zero-order valence-electron chi connectivity index (χ0n) is 7.84. The summed E-state index contributed by atoms with van der Waals surface area (Å²) in [4.78, 5) is 0. The number of benzene rings is 1. The SMILES string of the molecule is Cc1cc(Br)cc([C@](C)(N)CO)c1. The summed E-state index contributed by atoms with van der Waals surface area (Å²) in [5, 5.41) is 9.09. The average molecular weight is 244 g/mol. The summed E-state index contributed by atoms with van der Waals surface area (Å²) in [6.45, 7) is 3.76. The van der Waals surface area contributed by atoms with Crippen LogP contribution in [-0.2, 0) is 5.54 Å². The summed E-state index contributed by atoms with van der Waals surface area (Å²) in [5.41, 5.74) is 7.33. The summed E-state index contributed by atoms with van der Waals surface area (Å²) in [5.74, 6) is 0. The predicted octanol–water partition coefficient (Wildman–Crippen LogP) is 1.92. The number of hydrogen-bond acceptors (Lipinski definition) is 2. The van der Waals surface area contributed by atoms with E-state index >= 15 is 0 Å². The van der Waals surface area contributed by atoms with Gasteiger partial charge in [-0.05, 0) is 37.1 Å². The lowest BCUT2D eigenvalue weighted by Gasteiger charge is -2.22. The molecule has 0 aliphatic carbocycles. The van der Waals surface area contributed by atoms with E-state index in [1.807, 2.05) is 32.0 Å². The smallest absolute Gasteiger partial charge is 0.0650 e. The number of nitrogens with two attached hydrogens (primary N) is 1. The Balaban J connectivity index is 3.15. The van der Waals surface area contributed by atoms with Gasteiger partial charge >= 0.3 is 0 Å². The van der Waals surface area contributed by atoms with Gasteiger partial charge in [-0.1, -0.05) is 22.0 Å². The normalized spacial score (nSPS) is 15.5. The molecule has 0 amide bonds. The van der Waals surface area contributed by atoms with Gasteiger partial charge in [0.05, 0.1) is 12.1 Å². The van der Waals surface area contributed by atoms with Gasteiger partial charge in [0.15, 0.2) is 0 Å². The second kappa shape index (κ2) is 3.78.